The Morgan fingerprint density at radius 3 is 2.38 bits per heavy atom. The Morgan fingerprint density at radius 2 is 1.71 bits per heavy atom. The lowest BCUT2D eigenvalue weighted by atomic mass is 9.98. The van der Waals surface area contributed by atoms with Gasteiger partial charge in [0, 0.05) is 11.1 Å². The maximum Gasteiger partial charge on any atom is 0.573 e. The molecule has 0 spiro atoms. The Morgan fingerprint density at radius 1 is 1.05 bits per heavy atom. The molecule has 0 fully saturated rings. The Kier molecular flexibility index (Phi) is 4.18. The second kappa shape index (κ2) is 5.73. The highest BCUT2D eigenvalue weighted by atomic mass is 19.4. The van der Waals surface area contributed by atoms with Crippen molar-refractivity contribution in [3.05, 3.63) is 65.0 Å². The zero-order chi connectivity index (χ0) is 15.6. The molecule has 0 aromatic heterocycles. The van der Waals surface area contributed by atoms with Gasteiger partial charge in [0.05, 0.1) is 0 Å². The van der Waals surface area contributed by atoms with Crippen molar-refractivity contribution in [2.45, 2.75) is 19.4 Å². The summed E-state index contributed by atoms with van der Waals surface area (Å²) in [6.07, 6.45) is -6.44. The largest absolute Gasteiger partial charge is 0.573 e. The van der Waals surface area contributed by atoms with Crippen molar-refractivity contribution in [3.8, 4) is 5.75 Å². The molecule has 1 unspecified atom stereocenters. The topological polar surface area (TPSA) is 29.5 Å². The maximum absolute atomic E-state index is 13.8. The lowest BCUT2D eigenvalue weighted by molar-refractivity contribution is -0.275. The van der Waals surface area contributed by atoms with Crippen molar-refractivity contribution >= 4 is 0 Å². The summed E-state index contributed by atoms with van der Waals surface area (Å²) in [4.78, 5) is 0. The van der Waals surface area contributed by atoms with E-state index in [1.165, 1.54) is 30.3 Å². The van der Waals surface area contributed by atoms with Gasteiger partial charge in [-0.25, -0.2) is 4.39 Å². The number of aryl methyl sites for hydroxylation is 1. The molecular formula is C15H12F4O2. The first kappa shape index (κ1) is 15.3. The van der Waals surface area contributed by atoms with Gasteiger partial charge in [-0.3, -0.25) is 0 Å². The molecule has 1 atom stereocenters. The Bertz CT molecular complexity index is 638. The van der Waals surface area contributed by atoms with Crippen LogP contribution in [0.15, 0.2) is 42.5 Å². The molecule has 0 aliphatic heterocycles. The number of hydrogen-bond donors (Lipinski definition) is 1. The van der Waals surface area contributed by atoms with Gasteiger partial charge in [0.1, 0.15) is 17.7 Å². The molecule has 21 heavy (non-hydrogen) atoms. The van der Waals surface area contributed by atoms with Gasteiger partial charge < -0.3 is 9.84 Å². The first-order chi connectivity index (χ1) is 9.78. The average molecular weight is 300 g/mol. The fourth-order valence-corrected chi connectivity index (χ4v) is 1.96. The normalized spacial score (nSPS) is 13.0. The first-order valence-corrected chi connectivity index (χ1v) is 6.07. The number of para-hydroxylation sites is 1. The van der Waals surface area contributed by atoms with Crippen LogP contribution in [0.4, 0.5) is 17.6 Å². The van der Waals surface area contributed by atoms with Crippen molar-refractivity contribution in [2.75, 3.05) is 0 Å². The minimum absolute atomic E-state index is 0.103. The summed E-state index contributed by atoms with van der Waals surface area (Å²) in [6, 6.07) is 9.14. The van der Waals surface area contributed by atoms with Crippen LogP contribution in [0, 0.1) is 12.7 Å². The fraction of sp³-hybridized carbons (Fsp3) is 0.200. The molecule has 0 amide bonds. The first-order valence-electron chi connectivity index (χ1n) is 6.07. The van der Waals surface area contributed by atoms with Crippen LogP contribution >= 0.6 is 0 Å². The SMILES string of the molecule is Cc1ccc(F)c(C(O)c2ccccc2OC(F)(F)F)c1. The highest BCUT2D eigenvalue weighted by Gasteiger charge is 2.33. The molecule has 2 rings (SSSR count). The Labute approximate surface area is 118 Å². The van der Waals surface area contributed by atoms with E-state index in [0.29, 0.717) is 5.56 Å². The van der Waals surface area contributed by atoms with Crippen molar-refractivity contribution in [3.63, 3.8) is 0 Å². The van der Waals surface area contributed by atoms with Crippen molar-refractivity contribution in [1.29, 1.82) is 0 Å². The molecule has 0 radical (unpaired) electrons. The molecule has 0 saturated carbocycles. The summed E-state index contributed by atoms with van der Waals surface area (Å²) in [6.45, 7) is 1.69. The number of hydrogen-bond acceptors (Lipinski definition) is 2. The van der Waals surface area contributed by atoms with E-state index in [9.17, 15) is 22.7 Å². The van der Waals surface area contributed by atoms with Gasteiger partial charge in [0.15, 0.2) is 0 Å². The standard InChI is InChI=1S/C15H12F4O2/c1-9-6-7-12(16)11(8-9)14(20)10-4-2-3-5-13(10)21-15(17,18)19/h2-8,14,20H,1H3. The average Bonchev–Trinajstić information content (AvgIpc) is 2.39. The second-order valence-electron chi connectivity index (χ2n) is 4.51. The van der Waals surface area contributed by atoms with Crippen molar-refractivity contribution in [1.82, 2.24) is 0 Å². The zero-order valence-corrected chi connectivity index (χ0v) is 11.0. The Balaban J connectivity index is 2.44. The zero-order valence-electron chi connectivity index (χ0n) is 11.0. The number of benzene rings is 2. The smallest absolute Gasteiger partial charge is 0.405 e. The third-order valence-electron chi connectivity index (χ3n) is 2.89. The van der Waals surface area contributed by atoms with E-state index in [0.717, 1.165) is 12.1 Å². The van der Waals surface area contributed by atoms with Gasteiger partial charge >= 0.3 is 6.36 Å². The van der Waals surface area contributed by atoms with Crippen molar-refractivity contribution < 1.29 is 27.4 Å². The molecule has 0 bridgehead atoms. The van der Waals surface area contributed by atoms with Gasteiger partial charge in [-0.2, -0.15) is 0 Å². The summed E-state index contributed by atoms with van der Waals surface area (Å²) in [7, 11) is 0. The van der Waals surface area contributed by atoms with E-state index < -0.39 is 24.0 Å². The number of aliphatic hydroxyl groups excluding tert-OH is 1. The molecule has 1 N–H and O–H groups in total. The molecule has 0 aliphatic rings. The quantitative estimate of drug-likeness (QED) is 0.864. The molecule has 112 valence electrons. The highest BCUT2D eigenvalue weighted by molar-refractivity contribution is 5.41. The summed E-state index contributed by atoms with van der Waals surface area (Å²) >= 11 is 0. The van der Waals surface area contributed by atoms with E-state index in [4.69, 9.17) is 0 Å². The summed E-state index contributed by atoms with van der Waals surface area (Å²) < 4.78 is 54.7. The van der Waals surface area contributed by atoms with Crippen LogP contribution in [0.25, 0.3) is 0 Å². The number of ether oxygens (including phenoxy) is 1. The van der Waals surface area contributed by atoms with Crippen LogP contribution in [0.3, 0.4) is 0 Å². The van der Waals surface area contributed by atoms with E-state index in [1.807, 2.05) is 0 Å². The van der Waals surface area contributed by atoms with E-state index >= 15 is 0 Å². The van der Waals surface area contributed by atoms with Gasteiger partial charge in [-0.15, -0.1) is 13.2 Å². The van der Waals surface area contributed by atoms with E-state index in [1.54, 1.807) is 6.92 Å². The van der Waals surface area contributed by atoms with Crippen LogP contribution in [0.2, 0.25) is 0 Å². The van der Waals surface area contributed by atoms with Gasteiger partial charge in [-0.1, -0.05) is 35.9 Å². The van der Waals surface area contributed by atoms with Crippen LogP contribution in [0.1, 0.15) is 22.8 Å². The van der Waals surface area contributed by atoms with E-state index in [-0.39, 0.29) is 11.1 Å². The lowest BCUT2D eigenvalue weighted by Crippen LogP contribution is -2.19. The third kappa shape index (κ3) is 3.72. The van der Waals surface area contributed by atoms with Crippen LogP contribution in [-0.4, -0.2) is 11.5 Å². The van der Waals surface area contributed by atoms with Crippen LogP contribution < -0.4 is 4.74 Å². The highest BCUT2D eigenvalue weighted by Crippen LogP contribution is 2.34. The molecule has 2 aromatic carbocycles. The van der Waals surface area contributed by atoms with Crippen LogP contribution in [0.5, 0.6) is 5.75 Å². The van der Waals surface area contributed by atoms with Gasteiger partial charge in [0.2, 0.25) is 0 Å². The summed E-state index contributed by atoms with van der Waals surface area (Å²) in [5.41, 5.74) is 0.423. The number of aliphatic hydroxyl groups is 1. The second-order valence-corrected chi connectivity index (χ2v) is 4.51. The lowest BCUT2D eigenvalue weighted by Gasteiger charge is -2.18. The molecule has 2 nitrogen and oxygen atoms in total. The van der Waals surface area contributed by atoms with Crippen molar-refractivity contribution in [2.24, 2.45) is 0 Å². The predicted molar refractivity (Wildman–Crippen MR) is 68.3 cm³/mol. The molecule has 6 heteroatoms. The van der Waals surface area contributed by atoms with Crippen LogP contribution in [-0.2, 0) is 0 Å². The van der Waals surface area contributed by atoms with Gasteiger partial charge in [-0.05, 0) is 19.1 Å². The number of rotatable bonds is 3. The fourth-order valence-electron chi connectivity index (χ4n) is 1.96. The molecule has 2 aromatic rings. The summed E-state index contributed by atoms with van der Waals surface area (Å²) in [5, 5.41) is 10.2. The molecule has 0 heterocycles. The minimum atomic E-state index is -4.89. The summed E-state index contributed by atoms with van der Waals surface area (Å²) in [5.74, 6) is -1.26. The maximum atomic E-state index is 13.8. The minimum Gasteiger partial charge on any atom is -0.405 e. The Hall–Kier alpha value is -2.08. The number of alkyl halides is 3. The third-order valence-corrected chi connectivity index (χ3v) is 2.89. The molecular weight excluding hydrogens is 288 g/mol. The van der Waals surface area contributed by atoms with E-state index in [2.05, 4.69) is 4.74 Å². The molecule has 0 saturated heterocycles. The number of halogens is 4. The van der Waals surface area contributed by atoms with Gasteiger partial charge in [0.25, 0.3) is 0 Å². The predicted octanol–water partition coefficient (Wildman–Crippen LogP) is 4.11. The monoisotopic (exact) mass is 300 g/mol. The molecule has 0 aliphatic carbocycles.